The van der Waals surface area contributed by atoms with E-state index in [1.807, 2.05) is 0 Å². The summed E-state index contributed by atoms with van der Waals surface area (Å²) in [5.74, 6) is -2.38. The van der Waals surface area contributed by atoms with Crippen LogP contribution in [0.2, 0.25) is 0 Å². The summed E-state index contributed by atoms with van der Waals surface area (Å²) >= 11 is 1.25. The van der Waals surface area contributed by atoms with Gasteiger partial charge in [-0.1, -0.05) is 24.3 Å². The molecule has 8 heteroatoms. The van der Waals surface area contributed by atoms with Crippen LogP contribution in [-0.4, -0.2) is 18.0 Å². The number of carbonyl (C=O) groups is 2. The zero-order valence-corrected chi connectivity index (χ0v) is 11.9. The minimum absolute atomic E-state index is 0.334. The van der Waals surface area contributed by atoms with Crippen molar-refractivity contribution < 1.29 is 22.8 Å². The molecular formula is C14H11F3N2O2S. The molecule has 0 aliphatic heterocycles. The van der Waals surface area contributed by atoms with Gasteiger partial charge in [-0.3, -0.25) is 9.59 Å². The molecule has 0 bridgehead atoms. The molecule has 2 amide bonds. The Morgan fingerprint density at radius 1 is 1.09 bits per heavy atom. The van der Waals surface area contributed by atoms with E-state index in [0.717, 1.165) is 0 Å². The molecular weight excluding hydrogens is 317 g/mol. The van der Waals surface area contributed by atoms with Gasteiger partial charge in [-0.15, -0.1) is 11.3 Å². The van der Waals surface area contributed by atoms with E-state index in [-0.39, 0.29) is 12.5 Å². The summed E-state index contributed by atoms with van der Waals surface area (Å²) in [5, 5.41) is 6.13. The van der Waals surface area contributed by atoms with Gasteiger partial charge in [-0.05, 0) is 23.1 Å². The van der Waals surface area contributed by atoms with Gasteiger partial charge in [-0.2, -0.15) is 13.2 Å². The lowest BCUT2D eigenvalue weighted by Gasteiger charge is -2.12. The van der Waals surface area contributed by atoms with E-state index in [0.29, 0.717) is 16.1 Å². The highest BCUT2D eigenvalue weighted by atomic mass is 32.1. The molecule has 0 saturated heterocycles. The van der Waals surface area contributed by atoms with Crippen molar-refractivity contribution in [2.75, 3.05) is 5.32 Å². The summed E-state index contributed by atoms with van der Waals surface area (Å²) in [6.45, 7) is -0.334. The number of amides is 2. The van der Waals surface area contributed by atoms with Gasteiger partial charge in [0, 0.05) is 12.2 Å². The van der Waals surface area contributed by atoms with Crippen molar-refractivity contribution in [3.63, 3.8) is 0 Å². The van der Waals surface area contributed by atoms with Crippen LogP contribution in [0.3, 0.4) is 0 Å². The van der Waals surface area contributed by atoms with Crippen LogP contribution in [0.4, 0.5) is 18.9 Å². The lowest BCUT2D eigenvalue weighted by atomic mass is 10.1. The average Bonchev–Trinajstić information content (AvgIpc) is 2.99. The van der Waals surface area contributed by atoms with Crippen LogP contribution in [-0.2, 0) is 11.3 Å². The maximum atomic E-state index is 12.2. The first-order valence-electron chi connectivity index (χ1n) is 6.15. The van der Waals surface area contributed by atoms with Crippen molar-refractivity contribution in [2.24, 2.45) is 0 Å². The van der Waals surface area contributed by atoms with Crippen LogP contribution in [0, 0.1) is 0 Å². The summed E-state index contributed by atoms with van der Waals surface area (Å²) in [4.78, 5) is 23.3. The fourth-order valence-corrected chi connectivity index (χ4v) is 2.28. The number of thiophene rings is 1. The molecule has 0 spiro atoms. The molecule has 0 aliphatic rings. The minimum Gasteiger partial charge on any atom is -0.344 e. The Morgan fingerprint density at radius 2 is 1.82 bits per heavy atom. The van der Waals surface area contributed by atoms with Crippen LogP contribution < -0.4 is 10.6 Å². The first kappa shape index (κ1) is 16.0. The Morgan fingerprint density at radius 3 is 2.45 bits per heavy atom. The molecule has 0 saturated carbocycles. The number of rotatable bonds is 4. The Hall–Kier alpha value is -2.35. The predicted octanol–water partition coefficient (Wildman–Crippen LogP) is 3.18. The van der Waals surface area contributed by atoms with Crippen molar-refractivity contribution in [3.05, 3.63) is 52.2 Å². The van der Waals surface area contributed by atoms with Gasteiger partial charge in [0.1, 0.15) is 0 Å². The van der Waals surface area contributed by atoms with E-state index >= 15 is 0 Å². The molecule has 22 heavy (non-hydrogen) atoms. The number of benzene rings is 1. The topological polar surface area (TPSA) is 58.2 Å². The van der Waals surface area contributed by atoms with Gasteiger partial charge < -0.3 is 10.6 Å². The van der Waals surface area contributed by atoms with Gasteiger partial charge in [0.05, 0.1) is 4.88 Å². The summed E-state index contributed by atoms with van der Waals surface area (Å²) in [5.41, 5.74) is 0.730. The summed E-state index contributed by atoms with van der Waals surface area (Å²) in [7, 11) is 0. The molecule has 0 radical (unpaired) electrons. The zero-order valence-electron chi connectivity index (χ0n) is 11.1. The van der Waals surface area contributed by atoms with Crippen LogP contribution in [0.1, 0.15) is 15.2 Å². The van der Waals surface area contributed by atoms with Crippen LogP contribution in [0.25, 0.3) is 0 Å². The smallest absolute Gasteiger partial charge is 0.344 e. The maximum Gasteiger partial charge on any atom is 0.471 e. The molecule has 1 heterocycles. The Kier molecular flexibility index (Phi) is 4.81. The predicted molar refractivity (Wildman–Crippen MR) is 76.6 cm³/mol. The number of alkyl halides is 3. The number of carbonyl (C=O) groups excluding carboxylic acids is 2. The number of nitrogens with one attached hydrogen (secondary N) is 2. The summed E-state index contributed by atoms with van der Waals surface area (Å²) in [6.07, 6.45) is -4.94. The van der Waals surface area contributed by atoms with Crippen LogP contribution in [0.15, 0.2) is 41.8 Å². The minimum atomic E-state index is -4.94. The first-order chi connectivity index (χ1) is 10.4. The van der Waals surface area contributed by atoms with Crippen molar-refractivity contribution >= 4 is 28.8 Å². The zero-order chi connectivity index (χ0) is 16.2. The summed E-state index contributed by atoms with van der Waals surface area (Å²) in [6, 6.07) is 9.68. The van der Waals surface area contributed by atoms with Crippen molar-refractivity contribution in [3.8, 4) is 0 Å². The average molecular weight is 328 g/mol. The highest BCUT2D eigenvalue weighted by Crippen LogP contribution is 2.19. The van der Waals surface area contributed by atoms with Gasteiger partial charge >= 0.3 is 12.1 Å². The monoisotopic (exact) mass is 328 g/mol. The third-order valence-electron chi connectivity index (χ3n) is 2.71. The van der Waals surface area contributed by atoms with Crippen LogP contribution >= 0.6 is 11.3 Å². The molecule has 0 unspecified atom stereocenters. The first-order valence-corrected chi connectivity index (χ1v) is 7.03. The Bertz CT molecular complexity index is 669. The molecule has 2 aromatic rings. The SMILES string of the molecule is O=C(Nc1ccccc1CNC(=O)C(F)(F)F)c1cccs1. The molecule has 0 atom stereocenters. The van der Waals surface area contributed by atoms with E-state index in [1.54, 1.807) is 41.0 Å². The van der Waals surface area contributed by atoms with E-state index in [9.17, 15) is 22.8 Å². The van der Waals surface area contributed by atoms with Gasteiger partial charge in [0.15, 0.2) is 0 Å². The van der Waals surface area contributed by atoms with E-state index < -0.39 is 12.1 Å². The number of hydrogen-bond acceptors (Lipinski definition) is 3. The van der Waals surface area contributed by atoms with E-state index in [4.69, 9.17) is 0 Å². The van der Waals surface area contributed by atoms with Crippen LogP contribution in [0.5, 0.6) is 0 Å². The Labute approximate surface area is 128 Å². The van der Waals surface area contributed by atoms with Gasteiger partial charge in [0.2, 0.25) is 0 Å². The molecule has 4 nitrogen and oxygen atoms in total. The van der Waals surface area contributed by atoms with Gasteiger partial charge in [0.25, 0.3) is 5.91 Å². The molecule has 1 aromatic carbocycles. The quantitative estimate of drug-likeness (QED) is 0.906. The third kappa shape index (κ3) is 4.08. The molecule has 2 rings (SSSR count). The largest absolute Gasteiger partial charge is 0.471 e. The lowest BCUT2D eigenvalue weighted by molar-refractivity contribution is -0.173. The molecule has 1 aromatic heterocycles. The summed E-state index contributed by atoms with van der Waals surface area (Å²) < 4.78 is 36.5. The fraction of sp³-hybridized carbons (Fsp3) is 0.143. The highest BCUT2D eigenvalue weighted by Gasteiger charge is 2.38. The normalized spacial score (nSPS) is 11.0. The number of anilines is 1. The second-order valence-corrected chi connectivity index (χ2v) is 5.22. The standard InChI is InChI=1S/C14H11F3N2O2S/c15-14(16,17)13(21)18-8-9-4-1-2-5-10(9)19-12(20)11-6-3-7-22-11/h1-7H,8H2,(H,18,21)(H,19,20). The number of halogens is 3. The molecule has 0 aliphatic carbocycles. The second kappa shape index (κ2) is 6.61. The Balaban J connectivity index is 2.07. The third-order valence-corrected chi connectivity index (χ3v) is 3.58. The second-order valence-electron chi connectivity index (χ2n) is 4.27. The van der Waals surface area contributed by atoms with E-state index in [2.05, 4.69) is 5.32 Å². The number of hydrogen-bond donors (Lipinski definition) is 2. The van der Waals surface area contributed by atoms with Gasteiger partial charge in [-0.25, -0.2) is 0 Å². The highest BCUT2D eigenvalue weighted by molar-refractivity contribution is 7.12. The lowest BCUT2D eigenvalue weighted by Crippen LogP contribution is -2.36. The molecule has 0 fully saturated rings. The van der Waals surface area contributed by atoms with Crippen molar-refractivity contribution in [1.82, 2.24) is 5.32 Å². The number of para-hydroxylation sites is 1. The molecule has 2 N–H and O–H groups in total. The van der Waals surface area contributed by atoms with Crippen molar-refractivity contribution in [2.45, 2.75) is 12.7 Å². The van der Waals surface area contributed by atoms with E-state index in [1.165, 1.54) is 17.4 Å². The molecule has 116 valence electrons. The maximum absolute atomic E-state index is 12.2. The van der Waals surface area contributed by atoms with Crippen molar-refractivity contribution in [1.29, 1.82) is 0 Å². The fourth-order valence-electron chi connectivity index (χ4n) is 1.66.